The van der Waals surface area contributed by atoms with Crippen molar-refractivity contribution in [1.82, 2.24) is 20.2 Å². The number of H-pyrrole nitrogens is 1. The Morgan fingerprint density at radius 1 is 1.20 bits per heavy atom. The molecule has 20 heavy (non-hydrogen) atoms. The molecule has 0 atom stereocenters. The summed E-state index contributed by atoms with van der Waals surface area (Å²) >= 11 is 0. The van der Waals surface area contributed by atoms with Crippen LogP contribution < -0.4 is 4.90 Å². The average molecular weight is 279 g/mol. The van der Waals surface area contributed by atoms with Crippen LogP contribution in [0.1, 0.15) is 37.8 Å². The van der Waals surface area contributed by atoms with E-state index in [2.05, 4.69) is 25.1 Å². The zero-order chi connectivity index (χ0) is 13.7. The van der Waals surface area contributed by atoms with Gasteiger partial charge in [0.15, 0.2) is 0 Å². The summed E-state index contributed by atoms with van der Waals surface area (Å²) in [6, 6.07) is 0. The van der Waals surface area contributed by atoms with Gasteiger partial charge in [0, 0.05) is 13.1 Å². The Balaban J connectivity index is 1.61. The smallest absolute Gasteiger partial charge is 0.282 e. The molecule has 0 aromatic carbocycles. The van der Waals surface area contributed by atoms with E-state index < -0.39 is 6.43 Å². The molecule has 2 aliphatic rings. The number of aromatic amines is 1. The predicted octanol–water partition coefficient (Wildman–Crippen LogP) is 2.67. The molecule has 1 saturated heterocycles. The van der Waals surface area contributed by atoms with Gasteiger partial charge >= 0.3 is 0 Å². The van der Waals surface area contributed by atoms with Crippen molar-refractivity contribution in [2.45, 2.75) is 32.1 Å². The minimum absolute atomic E-state index is 0.166. The standard InChI is InChI=1S/C13H15F2N5/c14-11(15)9-10-12(19-18-9)17-8(7-16-10)20-5-3-13(1-2-13)4-6-20/h7,11H,1-6H2,(H,17,18,19). The highest BCUT2D eigenvalue weighted by atomic mass is 19.3. The van der Waals surface area contributed by atoms with Gasteiger partial charge in [0.05, 0.1) is 6.20 Å². The van der Waals surface area contributed by atoms with E-state index in [1.165, 1.54) is 25.7 Å². The molecule has 1 saturated carbocycles. The molecular weight excluding hydrogens is 264 g/mol. The summed E-state index contributed by atoms with van der Waals surface area (Å²) in [7, 11) is 0. The molecule has 1 aliphatic heterocycles. The number of hydrogen-bond acceptors (Lipinski definition) is 4. The van der Waals surface area contributed by atoms with Gasteiger partial charge < -0.3 is 4.90 Å². The largest absolute Gasteiger partial charge is 0.355 e. The minimum atomic E-state index is -2.61. The third-order valence-corrected chi connectivity index (χ3v) is 4.60. The van der Waals surface area contributed by atoms with E-state index in [0.29, 0.717) is 5.41 Å². The molecule has 1 aliphatic carbocycles. The summed E-state index contributed by atoms with van der Waals surface area (Å²) in [5.41, 5.74) is 0.780. The summed E-state index contributed by atoms with van der Waals surface area (Å²) in [5.74, 6) is 0.736. The van der Waals surface area contributed by atoms with E-state index in [0.717, 1.165) is 18.9 Å². The maximum absolute atomic E-state index is 12.7. The molecule has 0 amide bonds. The summed E-state index contributed by atoms with van der Waals surface area (Å²) in [6.07, 6.45) is 4.05. The molecule has 1 N–H and O–H groups in total. The second-order valence-corrected chi connectivity index (χ2v) is 5.83. The third kappa shape index (κ3) is 1.83. The van der Waals surface area contributed by atoms with Gasteiger partial charge in [0.1, 0.15) is 17.0 Å². The highest BCUT2D eigenvalue weighted by molar-refractivity contribution is 5.74. The molecule has 7 heteroatoms. The lowest BCUT2D eigenvalue weighted by molar-refractivity contribution is 0.147. The molecule has 0 unspecified atom stereocenters. The Morgan fingerprint density at radius 2 is 1.95 bits per heavy atom. The molecule has 3 heterocycles. The SMILES string of the molecule is FC(F)c1[nH]nc2nc(N3CCC4(CC3)CC4)cnc12. The second-order valence-electron chi connectivity index (χ2n) is 5.83. The number of alkyl halides is 2. The Hall–Kier alpha value is -1.79. The van der Waals surface area contributed by atoms with Crippen molar-refractivity contribution < 1.29 is 8.78 Å². The molecule has 0 bridgehead atoms. The van der Waals surface area contributed by atoms with Crippen molar-refractivity contribution in [3.05, 3.63) is 11.9 Å². The van der Waals surface area contributed by atoms with Crippen LogP contribution in [0, 0.1) is 5.41 Å². The summed E-state index contributed by atoms with van der Waals surface area (Å²) in [6.45, 7) is 1.93. The highest BCUT2D eigenvalue weighted by Crippen LogP contribution is 2.53. The van der Waals surface area contributed by atoms with E-state index >= 15 is 0 Å². The first-order valence-corrected chi connectivity index (χ1v) is 6.91. The Bertz CT molecular complexity index is 639. The van der Waals surface area contributed by atoms with Gasteiger partial charge in [0.2, 0.25) is 5.65 Å². The lowest BCUT2D eigenvalue weighted by atomic mass is 9.94. The Kier molecular flexibility index (Phi) is 2.46. The van der Waals surface area contributed by atoms with Crippen molar-refractivity contribution in [3.63, 3.8) is 0 Å². The summed E-state index contributed by atoms with van der Waals surface area (Å²) in [4.78, 5) is 10.6. The van der Waals surface area contributed by atoms with Crippen molar-refractivity contribution in [2.75, 3.05) is 18.0 Å². The number of piperidine rings is 1. The highest BCUT2D eigenvalue weighted by Gasteiger charge is 2.44. The molecule has 106 valence electrons. The fourth-order valence-corrected chi connectivity index (χ4v) is 3.00. The van der Waals surface area contributed by atoms with Crippen molar-refractivity contribution >= 4 is 17.0 Å². The second kappa shape index (κ2) is 4.10. The van der Waals surface area contributed by atoms with Crippen LogP contribution in [0.3, 0.4) is 0 Å². The maximum Gasteiger partial charge on any atom is 0.282 e. The quantitative estimate of drug-likeness (QED) is 0.918. The first-order valence-electron chi connectivity index (χ1n) is 6.91. The van der Waals surface area contributed by atoms with Crippen molar-refractivity contribution in [3.8, 4) is 0 Å². The number of rotatable bonds is 2. The average Bonchev–Trinajstić information content (AvgIpc) is 3.06. The fourth-order valence-electron chi connectivity index (χ4n) is 3.00. The molecule has 2 aromatic heterocycles. The number of nitrogens with one attached hydrogen (secondary N) is 1. The van der Waals surface area contributed by atoms with Crippen LogP contribution in [0.5, 0.6) is 0 Å². The number of hydrogen-bond donors (Lipinski definition) is 1. The normalized spacial score (nSPS) is 21.1. The molecule has 1 spiro atoms. The van der Waals surface area contributed by atoms with Gasteiger partial charge in [-0.3, -0.25) is 5.10 Å². The van der Waals surface area contributed by atoms with Gasteiger partial charge in [-0.1, -0.05) is 0 Å². The van der Waals surface area contributed by atoms with Crippen LogP contribution in [0.25, 0.3) is 11.2 Å². The maximum atomic E-state index is 12.7. The van der Waals surface area contributed by atoms with Gasteiger partial charge in [-0.05, 0) is 31.1 Å². The lowest BCUT2D eigenvalue weighted by Crippen LogP contribution is -2.35. The minimum Gasteiger partial charge on any atom is -0.355 e. The first kappa shape index (κ1) is 12.0. The van der Waals surface area contributed by atoms with Crippen LogP contribution in [0.4, 0.5) is 14.6 Å². The number of fused-ring (bicyclic) bond motifs is 1. The van der Waals surface area contributed by atoms with Crippen LogP contribution in [0.2, 0.25) is 0 Å². The van der Waals surface area contributed by atoms with Gasteiger partial charge in [-0.15, -0.1) is 0 Å². The van der Waals surface area contributed by atoms with E-state index in [4.69, 9.17) is 0 Å². The number of aromatic nitrogens is 4. The lowest BCUT2D eigenvalue weighted by Gasteiger charge is -2.32. The van der Waals surface area contributed by atoms with Gasteiger partial charge in [-0.2, -0.15) is 5.10 Å². The monoisotopic (exact) mass is 279 g/mol. The van der Waals surface area contributed by atoms with Crippen LogP contribution in [0.15, 0.2) is 6.20 Å². The van der Waals surface area contributed by atoms with Gasteiger partial charge in [0.25, 0.3) is 6.43 Å². The topological polar surface area (TPSA) is 57.7 Å². The predicted molar refractivity (Wildman–Crippen MR) is 69.8 cm³/mol. The zero-order valence-electron chi connectivity index (χ0n) is 10.9. The van der Waals surface area contributed by atoms with E-state index in [9.17, 15) is 8.78 Å². The number of anilines is 1. The summed E-state index contributed by atoms with van der Waals surface area (Å²) < 4.78 is 25.5. The first-order chi connectivity index (χ1) is 9.67. The molecule has 2 aromatic rings. The number of nitrogens with zero attached hydrogens (tertiary/aromatic N) is 4. The molecular formula is C13H15F2N5. The Morgan fingerprint density at radius 3 is 2.60 bits per heavy atom. The third-order valence-electron chi connectivity index (χ3n) is 4.60. The number of halogens is 2. The fraction of sp³-hybridized carbons (Fsp3) is 0.615. The van der Waals surface area contributed by atoms with Crippen molar-refractivity contribution in [2.24, 2.45) is 5.41 Å². The van der Waals surface area contributed by atoms with Crippen molar-refractivity contribution in [1.29, 1.82) is 0 Å². The summed E-state index contributed by atoms with van der Waals surface area (Å²) in [5, 5.41) is 6.15. The van der Waals surface area contributed by atoms with Crippen LogP contribution in [-0.4, -0.2) is 33.3 Å². The van der Waals surface area contributed by atoms with E-state index in [1.807, 2.05) is 0 Å². The van der Waals surface area contributed by atoms with E-state index in [1.54, 1.807) is 6.20 Å². The molecule has 4 rings (SSSR count). The Labute approximate surface area is 114 Å². The molecule has 5 nitrogen and oxygen atoms in total. The molecule has 0 radical (unpaired) electrons. The van der Waals surface area contributed by atoms with Crippen LogP contribution in [-0.2, 0) is 0 Å². The van der Waals surface area contributed by atoms with E-state index in [-0.39, 0.29) is 16.9 Å². The zero-order valence-corrected chi connectivity index (χ0v) is 10.9. The van der Waals surface area contributed by atoms with Crippen LogP contribution >= 0.6 is 0 Å². The van der Waals surface area contributed by atoms with Gasteiger partial charge in [-0.25, -0.2) is 18.7 Å². The molecule has 2 fully saturated rings.